The van der Waals surface area contributed by atoms with Crippen LogP contribution in [0, 0.1) is 19.8 Å². The quantitative estimate of drug-likeness (QED) is 0.879. The fourth-order valence-corrected chi connectivity index (χ4v) is 3.14. The van der Waals surface area contributed by atoms with Crippen LogP contribution in [-0.4, -0.2) is 42.2 Å². The average Bonchev–Trinajstić information content (AvgIpc) is 2.51. The van der Waals surface area contributed by atoms with Gasteiger partial charge in [0.1, 0.15) is 0 Å². The molecule has 1 aromatic rings. The van der Waals surface area contributed by atoms with Gasteiger partial charge in [-0.2, -0.15) is 0 Å². The standard InChI is InChI=1S/C18H28N2O2/c1-13-4-7-16(10-14(13)2)19-18(22)11-20(3)17-8-5-15(12-21)6-9-17/h4,7,10,15,17,21H,5-6,8-9,11-12H2,1-3H3,(H,19,22). The van der Waals surface area contributed by atoms with E-state index in [-0.39, 0.29) is 5.91 Å². The number of aryl methyl sites for hydroxylation is 2. The van der Waals surface area contributed by atoms with Gasteiger partial charge in [0.25, 0.3) is 0 Å². The van der Waals surface area contributed by atoms with Gasteiger partial charge in [0, 0.05) is 18.3 Å². The van der Waals surface area contributed by atoms with Crippen molar-refractivity contribution >= 4 is 11.6 Å². The summed E-state index contributed by atoms with van der Waals surface area (Å²) in [6.45, 7) is 4.83. The zero-order valence-corrected chi connectivity index (χ0v) is 13.9. The minimum atomic E-state index is 0.0371. The molecule has 0 aromatic heterocycles. The Morgan fingerprint density at radius 2 is 1.91 bits per heavy atom. The molecule has 0 heterocycles. The molecule has 0 saturated heterocycles. The van der Waals surface area contributed by atoms with Crippen LogP contribution in [0.15, 0.2) is 18.2 Å². The minimum absolute atomic E-state index is 0.0371. The number of anilines is 1. The second-order valence-electron chi connectivity index (χ2n) is 6.62. The smallest absolute Gasteiger partial charge is 0.238 e. The monoisotopic (exact) mass is 304 g/mol. The largest absolute Gasteiger partial charge is 0.396 e. The van der Waals surface area contributed by atoms with E-state index in [1.807, 2.05) is 25.2 Å². The molecule has 1 fully saturated rings. The van der Waals surface area contributed by atoms with Crippen LogP contribution in [0.25, 0.3) is 0 Å². The Labute approximate surface area is 133 Å². The molecule has 1 aliphatic carbocycles. The first-order valence-corrected chi connectivity index (χ1v) is 8.17. The van der Waals surface area contributed by atoms with Crippen LogP contribution in [0.4, 0.5) is 5.69 Å². The summed E-state index contributed by atoms with van der Waals surface area (Å²) in [5.74, 6) is 0.490. The summed E-state index contributed by atoms with van der Waals surface area (Å²) in [5, 5.41) is 12.2. The second kappa shape index (κ2) is 7.75. The van der Waals surface area contributed by atoms with E-state index < -0.39 is 0 Å². The summed E-state index contributed by atoms with van der Waals surface area (Å²) in [6, 6.07) is 6.45. The molecule has 0 bridgehead atoms. The van der Waals surface area contributed by atoms with E-state index in [0.717, 1.165) is 31.4 Å². The molecular weight excluding hydrogens is 276 g/mol. The van der Waals surface area contributed by atoms with Crippen molar-refractivity contribution in [2.45, 2.75) is 45.6 Å². The van der Waals surface area contributed by atoms with Crippen LogP contribution in [0.3, 0.4) is 0 Å². The molecule has 0 atom stereocenters. The highest BCUT2D eigenvalue weighted by atomic mass is 16.3. The van der Waals surface area contributed by atoms with E-state index in [4.69, 9.17) is 0 Å². The number of likely N-dealkylation sites (N-methyl/N-ethyl adjacent to an activating group) is 1. The summed E-state index contributed by atoms with van der Waals surface area (Å²) in [7, 11) is 2.02. The van der Waals surface area contributed by atoms with Gasteiger partial charge in [0.2, 0.25) is 5.91 Å². The van der Waals surface area contributed by atoms with E-state index in [2.05, 4.69) is 24.1 Å². The first-order chi connectivity index (χ1) is 10.5. The molecular formula is C18H28N2O2. The number of hydrogen-bond acceptors (Lipinski definition) is 3. The molecule has 2 rings (SSSR count). The third-order valence-corrected chi connectivity index (χ3v) is 4.88. The lowest BCUT2D eigenvalue weighted by atomic mass is 9.86. The van der Waals surface area contributed by atoms with Crippen LogP contribution in [0.5, 0.6) is 0 Å². The van der Waals surface area contributed by atoms with Crippen LogP contribution in [0.2, 0.25) is 0 Å². The highest BCUT2D eigenvalue weighted by Gasteiger charge is 2.24. The Morgan fingerprint density at radius 1 is 1.23 bits per heavy atom. The van der Waals surface area contributed by atoms with Crippen molar-refractivity contribution in [2.75, 3.05) is 25.5 Å². The van der Waals surface area contributed by atoms with Gasteiger partial charge in [-0.3, -0.25) is 9.69 Å². The predicted molar refractivity (Wildman–Crippen MR) is 90.0 cm³/mol. The highest BCUT2D eigenvalue weighted by molar-refractivity contribution is 5.92. The van der Waals surface area contributed by atoms with Gasteiger partial charge < -0.3 is 10.4 Å². The summed E-state index contributed by atoms with van der Waals surface area (Å²) in [4.78, 5) is 14.3. The number of nitrogens with one attached hydrogen (secondary N) is 1. The van der Waals surface area contributed by atoms with Gasteiger partial charge in [-0.25, -0.2) is 0 Å². The molecule has 0 radical (unpaired) electrons. The van der Waals surface area contributed by atoms with E-state index in [9.17, 15) is 9.90 Å². The van der Waals surface area contributed by atoms with Crippen molar-refractivity contribution in [3.8, 4) is 0 Å². The number of aliphatic hydroxyl groups is 1. The van der Waals surface area contributed by atoms with Gasteiger partial charge in [-0.05, 0) is 75.8 Å². The Bertz CT molecular complexity index is 508. The highest BCUT2D eigenvalue weighted by Crippen LogP contribution is 2.26. The number of aliphatic hydroxyl groups excluding tert-OH is 1. The molecule has 0 unspecified atom stereocenters. The fourth-order valence-electron chi connectivity index (χ4n) is 3.14. The minimum Gasteiger partial charge on any atom is -0.396 e. The first kappa shape index (κ1) is 17.0. The van der Waals surface area contributed by atoms with Gasteiger partial charge in [0.05, 0.1) is 6.54 Å². The number of amides is 1. The maximum Gasteiger partial charge on any atom is 0.238 e. The van der Waals surface area contributed by atoms with E-state index >= 15 is 0 Å². The summed E-state index contributed by atoms with van der Waals surface area (Å²) in [6.07, 6.45) is 4.26. The van der Waals surface area contributed by atoms with Gasteiger partial charge >= 0.3 is 0 Å². The Morgan fingerprint density at radius 3 is 2.50 bits per heavy atom. The Hall–Kier alpha value is -1.39. The van der Waals surface area contributed by atoms with Crippen LogP contribution in [-0.2, 0) is 4.79 Å². The summed E-state index contributed by atoms with van der Waals surface area (Å²) < 4.78 is 0. The van der Waals surface area contributed by atoms with Crippen molar-refractivity contribution in [1.82, 2.24) is 4.90 Å². The van der Waals surface area contributed by atoms with Crippen molar-refractivity contribution in [3.05, 3.63) is 29.3 Å². The molecule has 4 heteroatoms. The number of nitrogens with zero attached hydrogens (tertiary/aromatic N) is 1. The molecule has 1 amide bonds. The molecule has 0 spiro atoms. The Balaban J connectivity index is 1.82. The van der Waals surface area contributed by atoms with E-state index in [0.29, 0.717) is 25.1 Å². The average molecular weight is 304 g/mol. The zero-order chi connectivity index (χ0) is 16.1. The number of carbonyl (C=O) groups is 1. The third kappa shape index (κ3) is 4.55. The van der Waals surface area contributed by atoms with Crippen molar-refractivity contribution < 1.29 is 9.90 Å². The summed E-state index contributed by atoms with van der Waals surface area (Å²) in [5.41, 5.74) is 3.29. The van der Waals surface area contributed by atoms with E-state index in [1.54, 1.807) is 0 Å². The van der Waals surface area contributed by atoms with Crippen molar-refractivity contribution in [3.63, 3.8) is 0 Å². The summed E-state index contributed by atoms with van der Waals surface area (Å²) >= 11 is 0. The molecule has 122 valence electrons. The number of rotatable bonds is 5. The lowest BCUT2D eigenvalue weighted by molar-refractivity contribution is -0.117. The van der Waals surface area contributed by atoms with Gasteiger partial charge in [-0.15, -0.1) is 0 Å². The van der Waals surface area contributed by atoms with E-state index in [1.165, 1.54) is 11.1 Å². The molecule has 0 aliphatic heterocycles. The predicted octanol–water partition coefficient (Wildman–Crippen LogP) is 2.72. The molecule has 4 nitrogen and oxygen atoms in total. The second-order valence-corrected chi connectivity index (χ2v) is 6.62. The maximum atomic E-state index is 12.2. The first-order valence-electron chi connectivity index (χ1n) is 8.17. The SMILES string of the molecule is Cc1ccc(NC(=O)CN(C)C2CCC(CO)CC2)cc1C. The number of hydrogen-bond donors (Lipinski definition) is 2. The molecule has 1 aliphatic rings. The number of benzene rings is 1. The van der Waals surface area contributed by atoms with Gasteiger partial charge in [-0.1, -0.05) is 6.07 Å². The van der Waals surface area contributed by atoms with Crippen LogP contribution < -0.4 is 5.32 Å². The maximum absolute atomic E-state index is 12.2. The van der Waals surface area contributed by atoms with Crippen LogP contribution >= 0.6 is 0 Å². The zero-order valence-electron chi connectivity index (χ0n) is 13.9. The lowest BCUT2D eigenvalue weighted by Crippen LogP contribution is -2.40. The topological polar surface area (TPSA) is 52.6 Å². The molecule has 22 heavy (non-hydrogen) atoms. The molecule has 2 N–H and O–H groups in total. The molecule has 1 aromatic carbocycles. The van der Waals surface area contributed by atoms with Crippen molar-refractivity contribution in [1.29, 1.82) is 0 Å². The normalized spacial score (nSPS) is 21.9. The number of carbonyl (C=O) groups excluding carboxylic acids is 1. The van der Waals surface area contributed by atoms with Crippen LogP contribution in [0.1, 0.15) is 36.8 Å². The molecule has 1 saturated carbocycles. The van der Waals surface area contributed by atoms with Gasteiger partial charge in [0.15, 0.2) is 0 Å². The van der Waals surface area contributed by atoms with Crippen molar-refractivity contribution in [2.24, 2.45) is 5.92 Å². The fraction of sp³-hybridized carbons (Fsp3) is 0.611. The lowest BCUT2D eigenvalue weighted by Gasteiger charge is -2.33. The Kier molecular flexibility index (Phi) is 5.98. The third-order valence-electron chi connectivity index (χ3n) is 4.88.